The van der Waals surface area contributed by atoms with Crippen LogP contribution >= 0.6 is 12.2 Å². The third kappa shape index (κ3) is 3.45. The minimum absolute atomic E-state index is 0.0897. The first-order valence-electron chi connectivity index (χ1n) is 9.87. The number of aromatic nitrogens is 2. The van der Waals surface area contributed by atoms with Gasteiger partial charge in [-0.05, 0) is 62.5 Å². The van der Waals surface area contributed by atoms with Crippen LogP contribution in [0.3, 0.4) is 0 Å². The van der Waals surface area contributed by atoms with Gasteiger partial charge >= 0.3 is 5.97 Å². The first-order valence-corrected chi connectivity index (χ1v) is 10.3. The molecule has 0 unspecified atom stereocenters. The van der Waals surface area contributed by atoms with Crippen molar-refractivity contribution in [3.05, 3.63) is 83.9 Å². The second-order valence-corrected chi connectivity index (χ2v) is 7.83. The van der Waals surface area contributed by atoms with Crippen molar-refractivity contribution in [2.45, 2.75) is 32.0 Å². The van der Waals surface area contributed by atoms with Crippen LogP contribution in [0.15, 0.2) is 67.0 Å². The lowest BCUT2D eigenvalue weighted by Gasteiger charge is -2.32. The fraction of sp³-hybridized carbons (Fsp3) is 0.261. The standard InChI is InChI=1S/C23H24N4O2S/c1-15(2)27-21(20(25-23(27)30)17-10-6-7-13-24-17)19-12-8-14-26(19)18-11-5-4-9-16(18)22(28)29-3/h4-15,20-21H,1-3H3,(H,25,30)/t20-,21-/m0/s1. The Balaban J connectivity index is 1.86. The van der Waals surface area contributed by atoms with Gasteiger partial charge in [0.2, 0.25) is 0 Å². The Morgan fingerprint density at radius 3 is 2.60 bits per heavy atom. The highest BCUT2D eigenvalue weighted by Gasteiger charge is 2.42. The monoisotopic (exact) mass is 420 g/mol. The molecule has 1 saturated heterocycles. The fourth-order valence-electron chi connectivity index (χ4n) is 4.06. The first kappa shape index (κ1) is 20.1. The highest BCUT2D eigenvalue weighted by atomic mass is 32.1. The zero-order valence-corrected chi connectivity index (χ0v) is 18.0. The molecular formula is C23H24N4O2S. The molecule has 1 aliphatic heterocycles. The molecule has 0 spiro atoms. The van der Waals surface area contributed by atoms with E-state index in [0.29, 0.717) is 10.7 Å². The summed E-state index contributed by atoms with van der Waals surface area (Å²) in [6, 6.07) is 17.4. The average molecular weight is 421 g/mol. The Morgan fingerprint density at radius 2 is 1.90 bits per heavy atom. The third-order valence-electron chi connectivity index (χ3n) is 5.34. The topological polar surface area (TPSA) is 59.4 Å². The summed E-state index contributed by atoms with van der Waals surface area (Å²) in [5, 5.41) is 4.15. The number of rotatable bonds is 5. The lowest BCUT2D eigenvalue weighted by atomic mass is 10.00. The number of pyridine rings is 1. The normalized spacial score (nSPS) is 18.5. The molecule has 0 radical (unpaired) electrons. The molecule has 30 heavy (non-hydrogen) atoms. The number of nitrogens with one attached hydrogen (secondary N) is 1. The number of carbonyl (C=O) groups excluding carboxylic acids is 1. The van der Waals surface area contributed by atoms with Crippen LogP contribution in [-0.2, 0) is 4.74 Å². The summed E-state index contributed by atoms with van der Waals surface area (Å²) in [6.45, 7) is 4.24. The summed E-state index contributed by atoms with van der Waals surface area (Å²) in [5.41, 5.74) is 3.21. The van der Waals surface area contributed by atoms with Gasteiger partial charge in [0, 0.05) is 24.1 Å². The number of hydrogen-bond acceptors (Lipinski definition) is 4. The molecule has 0 saturated carbocycles. The first-order chi connectivity index (χ1) is 14.5. The number of para-hydroxylation sites is 1. The molecule has 0 aliphatic carbocycles. The van der Waals surface area contributed by atoms with Gasteiger partial charge in [0.15, 0.2) is 5.11 Å². The van der Waals surface area contributed by atoms with Crippen molar-refractivity contribution in [1.29, 1.82) is 0 Å². The molecule has 0 bridgehead atoms. The molecule has 6 nitrogen and oxygen atoms in total. The maximum atomic E-state index is 12.4. The van der Waals surface area contributed by atoms with E-state index < -0.39 is 0 Å². The maximum Gasteiger partial charge on any atom is 0.339 e. The number of thiocarbonyl (C=S) groups is 1. The van der Waals surface area contributed by atoms with Crippen molar-refractivity contribution in [1.82, 2.24) is 19.8 Å². The van der Waals surface area contributed by atoms with Crippen LogP contribution in [0, 0.1) is 0 Å². The van der Waals surface area contributed by atoms with Gasteiger partial charge in [-0.3, -0.25) is 4.98 Å². The number of hydrogen-bond donors (Lipinski definition) is 1. The number of esters is 1. The Morgan fingerprint density at radius 1 is 1.13 bits per heavy atom. The van der Waals surface area contributed by atoms with Crippen molar-refractivity contribution in [2.24, 2.45) is 0 Å². The van der Waals surface area contributed by atoms with E-state index in [9.17, 15) is 4.79 Å². The SMILES string of the molecule is COC(=O)c1ccccc1-n1cccc1[C@H]1[C@H](c2ccccn2)NC(=S)N1C(C)C. The minimum atomic E-state index is -0.368. The molecule has 7 heteroatoms. The van der Waals surface area contributed by atoms with E-state index in [1.165, 1.54) is 7.11 Å². The molecule has 154 valence electrons. The fourth-order valence-corrected chi connectivity index (χ4v) is 4.51. The molecule has 0 amide bonds. The van der Waals surface area contributed by atoms with Crippen LogP contribution in [-0.4, -0.2) is 38.7 Å². The van der Waals surface area contributed by atoms with Crippen molar-refractivity contribution in [3.8, 4) is 5.69 Å². The van der Waals surface area contributed by atoms with Gasteiger partial charge in [-0.1, -0.05) is 18.2 Å². The van der Waals surface area contributed by atoms with Gasteiger partial charge in [-0.2, -0.15) is 0 Å². The van der Waals surface area contributed by atoms with Crippen molar-refractivity contribution >= 4 is 23.3 Å². The third-order valence-corrected chi connectivity index (χ3v) is 5.67. The lowest BCUT2D eigenvalue weighted by molar-refractivity contribution is 0.0600. The number of nitrogens with zero attached hydrogens (tertiary/aromatic N) is 3. The summed E-state index contributed by atoms with van der Waals surface area (Å²) in [5.74, 6) is -0.368. The van der Waals surface area contributed by atoms with E-state index in [4.69, 9.17) is 17.0 Å². The number of methoxy groups -OCH3 is 1. The molecular weight excluding hydrogens is 396 g/mol. The Kier molecular flexibility index (Phi) is 5.55. The number of ether oxygens (including phenoxy) is 1. The zero-order valence-electron chi connectivity index (χ0n) is 17.1. The Hall–Kier alpha value is -3.19. The Bertz CT molecular complexity index is 1060. The summed E-state index contributed by atoms with van der Waals surface area (Å²) >= 11 is 5.69. The van der Waals surface area contributed by atoms with Gasteiger partial charge in [-0.25, -0.2) is 4.79 Å². The summed E-state index contributed by atoms with van der Waals surface area (Å²) in [4.78, 5) is 19.2. The Labute approximate surface area is 181 Å². The molecule has 3 aromatic rings. The number of carbonyl (C=O) groups is 1. The minimum Gasteiger partial charge on any atom is -0.465 e. The molecule has 1 fully saturated rings. The molecule has 4 rings (SSSR count). The van der Waals surface area contributed by atoms with Gasteiger partial charge < -0.3 is 19.5 Å². The van der Waals surface area contributed by atoms with E-state index >= 15 is 0 Å². The van der Waals surface area contributed by atoms with Crippen molar-refractivity contribution in [2.75, 3.05) is 7.11 Å². The summed E-state index contributed by atoms with van der Waals surface area (Å²) in [7, 11) is 1.40. The van der Waals surface area contributed by atoms with Gasteiger partial charge in [-0.15, -0.1) is 0 Å². The van der Waals surface area contributed by atoms with E-state index in [1.807, 2.05) is 53.2 Å². The zero-order chi connectivity index (χ0) is 21.3. The summed E-state index contributed by atoms with van der Waals surface area (Å²) < 4.78 is 7.04. The molecule has 1 N–H and O–H groups in total. The van der Waals surface area contributed by atoms with Crippen molar-refractivity contribution < 1.29 is 9.53 Å². The van der Waals surface area contributed by atoms with Crippen molar-refractivity contribution in [3.63, 3.8) is 0 Å². The second-order valence-electron chi connectivity index (χ2n) is 7.44. The highest BCUT2D eigenvalue weighted by Crippen LogP contribution is 2.40. The van der Waals surface area contributed by atoms with Gasteiger partial charge in [0.25, 0.3) is 0 Å². The van der Waals surface area contributed by atoms with Gasteiger partial charge in [0.1, 0.15) is 0 Å². The molecule has 3 heterocycles. The molecule has 1 aromatic carbocycles. The van der Waals surface area contributed by atoms with E-state index in [2.05, 4.69) is 35.1 Å². The van der Waals surface area contributed by atoms with Crippen LogP contribution in [0.1, 0.15) is 47.7 Å². The largest absolute Gasteiger partial charge is 0.465 e. The predicted molar refractivity (Wildman–Crippen MR) is 120 cm³/mol. The summed E-state index contributed by atoms with van der Waals surface area (Å²) in [6.07, 6.45) is 3.76. The highest BCUT2D eigenvalue weighted by molar-refractivity contribution is 7.80. The quantitative estimate of drug-likeness (QED) is 0.497. The predicted octanol–water partition coefficient (Wildman–Crippen LogP) is 4.04. The maximum absolute atomic E-state index is 12.4. The van der Waals surface area contributed by atoms with E-state index in [-0.39, 0.29) is 24.1 Å². The van der Waals surface area contributed by atoms with Crippen LogP contribution in [0.5, 0.6) is 0 Å². The number of benzene rings is 1. The van der Waals surface area contributed by atoms with Crippen LogP contribution in [0.25, 0.3) is 5.69 Å². The van der Waals surface area contributed by atoms with Crippen LogP contribution in [0.4, 0.5) is 0 Å². The molecule has 1 aliphatic rings. The van der Waals surface area contributed by atoms with E-state index in [0.717, 1.165) is 17.1 Å². The van der Waals surface area contributed by atoms with Gasteiger partial charge in [0.05, 0.1) is 36.1 Å². The lowest BCUT2D eigenvalue weighted by Crippen LogP contribution is -2.36. The second kappa shape index (κ2) is 8.28. The smallest absolute Gasteiger partial charge is 0.339 e. The van der Waals surface area contributed by atoms with E-state index in [1.54, 1.807) is 12.3 Å². The van der Waals surface area contributed by atoms with Crippen LogP contribution < -0.4 is 5.32 Å². The van der Waals surface area contributed by atoms with Crippen LogP contribution in [0.2, 0.25) is 0 Å². The molecule has 2 aromatic heterocycles. The average Bonchev–Trinajstić information content (AvgIpc) is 3.37. The molecule has 2 atom stereocenters.